The third-order valence-corrected chi connectivity index (χ3v) is 7.77. The average Bonchev–Trinajstić information content (AvgIpc) is 3.56. The number of methoxy groups -OCH3 is 1. The van der Waals surface area contributed by atoms with Gasteiger partial charge >= 0.3 is 12.2 Å². The van der Waals surface area contributed by atoms with Gasteiger partial charge in [0.25, 0.3) is 5.91 Å². The Labute approximate surface area is 275 Å². The molecule has 0 aliphatic carbocycles. The van der Waals surface area contributed by atoms with Crippen molar-refractivity contribution < 1.29 is 33.7 Å². The number of carbonyl (C=O) groups excluding carboxylic acids is 3. The Kier molecular flexibility index (Phi) is 12.7. The number of aromatic nitrogens is 1. The molecule has 0 radical (unpaired) electrons. The van der Waals surface area contributed by atoms with Crippen LogP contribution < -0.4 is 16.1 Å². The monoisotopic (exact) mass is 647 g/mol. The standard InChI is InChI=1S/C35H45N5O7/c1-35(2,3)31(38-33(43)45-4)32(42)39-40(21-25-13-15-26(16-14-25)28-12-8-9-18-36-28)22-30(41)29(20-24-10-6-5-7-11-24)37-34(44)47-27-17-19-46-23-27/h5-16,18,27,29-31,41H,17,19-23H2,1-4H3,(H,37,44)(H,38,43)(H,39,42)/t27-,29+,30-,31-/m1/s1. The zero-order valence-corrected chi connectivity index (χ0v) is 27.3. The van der Waals surface area contributed by atoms with Gasteiger partial charge in [0, 0.05) is 31.3 Å². The number of nitrogens with zero attached hydrogens (tertiary/aromatic N) is 2. The lowest BCUT2D eigenvalue weighted by molar-refractivity contribution is -0.131. The molecule has 12 nitrogen and oxygen atoms in total. The van der Waals surface area contributed by atoms with E-state index in [1.165, 1.54) is 7.11 Å². The van der Waals surface area contributed by atoms with Crippen LogP contribution in [-0.2, 0) is 32.0 Å². The molecule has 1 fully saturated rings. The zero-order chi connectivity index (χ0) is 33.8. The maximum absolute atomic E-state index is 13.7. The number of amides is 3. The molecule has 4 atom stereocenters. The lowest BCUT2D eigenvalue weighted by Crippen LogP contribution is -2.59. The van der Waals surface area contributed by atoms with E-state index < -0.39 is 41.7 Å². The van der Waals surface area contributed by atoms with Gasteiger partial charge in [-0.2, -0.15) is 0 Å². The molecule has 2 aromatic carbocycles. The van der Waals surface area contributed by atoms with Gasteiger partial charge in [-0.15, -0.1) is 0 Å². The summed E-state index contributed by atoms with van der Waals surface area (Å²) < 4.78 is 15.6. The van der Waals surface area contributed by atoms with Crippen molar-refractivity contribution in [2.24, 2.45) is 5.41 Å². The lowest BCUT2D eigenvalue weighted by atomic mass is 9.86. The van der Waals surface area contributed by atoms with Gasteiger partial charge in [-0.3, -0.25) is 15.2 Å². The molecule has 1 aromatic heterocycles. The van der Waals surface area contributed by atoms with E-state index in [1.807, 2.05) is 93.6 Å². The fourth-order valence-corrected chi connectivity index (χ4v) is 5.20. The highest BCUT2D eigenvalue weighted by atomic mass is 16.6. The summed E-state index contributed by atoms with van der Waals surface area (Å²) in [7, 11) is 1.23. The first-order chi connectivity index (χ1) is 22.5. The first-order valence-electron chi connectivity index (χ1n) is 15.7. The number of alkyl carbamates (subject to hydrolysis) is 2. The molecule has 0 saturated carbocycles. The van der Waals surface area contributed by atoms with E-state index in [1.54, 1.807) is 11.2 Å². The fourth-order valence-electron chi connectivity index (χ4n) is 5.20. The van der Waals surface area contributed by atoms with E-state index in [9.17, 15) is 19.5 Å². The Morgan fingerprint density at radius 3 is 2.32 bits per heavy atom. The first-order valence-corrected chi connectivity index (χ1v) is 15.7. The van der Waals surface area contributed by atoms with Crippen LogP contribution in [0.2, 0.25) is 0 Å². The Morgan fingerprint density at radius 2 is 1.70 bits per heavy atom. The maximum atomic E-state index is 13.7. The number of pyridine rings is 1. The van der Waals surface area contributed by atoms with Crippen LogP contribution in [0.5, 0.6) is 0 Å². The quantitative estimate of drug-likeness (QED) is 0.203. The number of benzene rings is 2. The van der Waals surface area contributed by atoms with Gasteiger partial charge in [0.15, 0.2) is 0 Å². The van der Waals surface area contributed by atoms with Gasteiger partial charge in [0.1, 0.15) is 12.1 Å². The summed E-state index contributed by atoms with van der Waals surface area (Å²) in [6.07, 6.45) is -0.248. The Morgan fingerprint density at radius 1 is 0.979 bits per heavy atom. The summed E-state index contributed by atoms with van der Waals surface area (Å²) in [4.78, 5) is 43.1. The van der Waals surface area contributed by atoms with E-state index in [2.05, 4.69) is 21.0 Å². The summed E-state index contributed by atoms with van der Waals surface area (Å²) in [5.41, 5.74) is 5.73. The molecule has 1 saturated heterocycles. The molecule has 0 spiro atoms. The number of nitrogens with one attached hydrogen (secondary N) is 3. The topological polar surface area (TPSA) is 151 Å². The van der Waals surface area contributed by atoms with Crippen molar-refractivity contribution in [1.82, 2.24) is 26.1 Å². The Bertz CT molecular complexity index is 1430. The van der Waals surface area contributed by atoms with E-state index >= 15 is 0 Å². The van der Waals surface area contributed by atoms with Crippen LogP contribution in [0.25, 0.3) is 11.3 Å². The van der Waals surface area contributed by atoms with Crippen molar-refractivity contribution in [2.75, 3.05) is 26.9 Å². The van der Waals surface area contributed by atoms with Crippen LogP contribution in [0.3, 0.4) is 0 Å². The highest BCUT2D eigenvalue weighted by molar-refractivity contribution is 5.86. The molecule has 1 aliphatic heterocycles. The number of aliphatic hydroxyl groups is 1. The second-order valence-electron chi connectivity index (χ2n) is 12.6. The molecule has 4 N–H and O–H groups in total. The minimum Gasteiger partial charge on any atom is -0.453 e. The van der Waals surface area contributed by atoms with Crippen LogP contribution in [0.15, 0.2) is 79.0 Å². The molecule has 252 valence electrons. The largest absolute Gasteiger partial charge is 0.453 e. The van der Waals surface area contributed by atoms with E-state index in [4.69, 9.17) is 14.2 Å². The summed E-state index contributed by atoms with van der Waals surface area (Å²) in [5, 5.41) is 18.7. The van der Waals surface area contributed by atoms with E-state index in [0.717, 1.165) is 22.4 Å². The molecule has 0 unspecified atom stereocenters. The third kappa shape index (κ3) is 11.1. The van der Waals surface area contributed by atoms with Crippen LogP contribution in [0.1, 0.15) is 38.3 Å². The fraction of sp³-hybridized carbons (Fsp3) is 0.429. The van der Waals surface area contributed by atoms with Crippen LogP contribution in [-0.4, -0.2) is 84.4 Å². The number of hydrogen-bond donors (Lipinski definition) is 4. The van der Waals surface area contributed by atoms with Crippen molar-refractivity contribution >= 4 is 18.1 Å². The SMILES string of the molecule is COC(=O)N[C@H](C(=O)NN(Cc1ccc(-c2ccccn2)cc1)C[C@@H](O)[C@H](Cc1ccccc1)NC(=O)O[C@@H]1CCOC1)C(C)(C)C. The summed E-state index contributed by atoms with van der Waals surface area (Å²) in [6.45, 7) is 6.46. The smallest absolute Gasteiger partial charge is 0.407 e. The first kappa shape index (κ1) is 35.3. The van der Waals surface area contributed by atoms with Crippen molar-refractivity contribution in [3.05, 3.63) is 90.1 Å². The van der Waals surface area contributed by atoms with Crippen LogP contribution in [0.4, 0.5) is 9.59 Å². The normalized spacial score (nSPS) is 16.5. The van der Waals surface area contributed by atoms with Gasteiger partial charge in [-0.25, -0.2) is 14.6 Å². The Hall–Kier alpha value is -4.52. The Balaban J connectivity index is 1.56. The maximum Gasteiger partial charge on any atom is 0.407 e. The molecule has 0 bridgehead atoms. The highest BCUT2D eigenvalue weighted by Gasteiger charge is 2.35. The zero-order valence-electron chi connectivity index (χ0n) is 27.3. The van der Waals surface area contributed by atoms with Crippen molar-refractivity contribution in [3.63, 3.8) is 0 Å². The predicted octanol–water partition coefficient (Wildman–Crippen LogP) is 3.84. The molecule has 47 heavy (non-hydrogen) atoms. The summed E-state index contributed by atoms with van der Waals surface area (Å²) in [6, 6.07) is 21.2. The third-order valence-electron chi connectivity index (χ3n) is 7.77. The van der Waals surface area contributed by atoms with Gasteiger partial charge in [-0.05, 0) is 35.1 Å². The highest BCUT2D eigenvalue weighted by Crippen LogP contribution is 2.21. The second-order valence-corrected chi connectivity index (χ2v) is 12.6. The molecule has 2 heterocycles. The number of aliphatic hydroxyl groups excluding tert-OH is 1. The molecular weight excluding hydrogens is 602 g/mol. The van der Waals surface area contributed by atoms with Crippen molar-refractivity contribution in [3.8, 4) is 11.3 Å². The predicted molar refractivity (Wildman–Crippen MR) is 176 cm³/mol. The molecule has 3 aromatic rings. The van der Waals surface area contributed by atoms with E-state index in [-0.39, 0.29) is 19.2 Å². The van der Waals surface area contributed by atoms with Crippen LogP contribution in [0, 0.1) is 5.41 Å². The molecular formula is C35H45N5O7. The second kappa shape index (κ2) is 16.9. The lowest BCUT2D eigenvalue weighted by Gasteiger charge is -2.34. The summed E-state index contributed by atoms with van der Waals surface area (Å²) >= 11 is 0. The van der Waals surface area contributed by atoms with Gasteiger partial charge in [0.05, 0.1) is 38.2 Å². The van der Waals surface area contributed by atoms with Gasteiger partial charge in [0.2, 0.25) is 0 Å². The summed E-state index contributed by atoms with van der Waals surface area (Å²) in [5.74, 6) is -0.492. The van der Waals surface area contributed by atoms with Crippen molar-refractivity contribution in [2.45, 2.75) is 64.4 Å². The molecule has 1 aliphatic rings. The number of hydrazine groups is 1. The molecule has 12 heteroatoms. The van der Waals surface area contributed by atoms with Crippen molar-refractivity contribution in [1.29, 1.82) is 0 Å². The van der Waals surface area contributed by atoms with Gasteiger partial charge < -0.3 is 30.0 Å². The molecule has 4 rings (SSSR count). The van der Waals surface area contributed by atoms with E-state index in [0.29, 0.717) is 26.1 Å². The minimum atomic E-state index is -1.14. The van der Waals surface area contributed by atoms with Crippen LogP contribution >= 0.6 is 0 Å². The van der Waals surface area contributed by atoms with Gasteiger partial charge in [-0.1, -0.05) is 81.4 Å². The number of ether oxygens (including phenoxy) is 3. The molecule has 3 amide bonds. The number of hydrogen-bond acceptors (Lipinski definition) is 9. The average molecular weight is 648 g/mol. The minimum absolute atomic E-state index is 0.0624. The number of carbonyl (C=O) groups is 3. The number of rotatable bonds is 13.